The predicted molar refractivity (Wildman–Crippen MR) is 58.0 cm³/mol. The van der Waals surface area contributed by atoms with E-state index in [-0.39, 0.29) is 6.10 Å². The zero-order chi connectivity index (χ0) is 10.2. The van der Waals surface area contributed by atoms with E-state index < -0.39 is 0 Å². The number of aliphatic hydroxyl groups is 1. The molecule has 0 amide bonds. The van der Waals surface area contributed by atoms with Gasteiger partial charge < -0.3 is 15.4 Å². The Kier molecular flexibility index (Phi) is 5.33. The molecule has 1 aromatic heterocycles. The molecule has 0 fully saturated rings. The molecule has 1 rings (SSSR count). The van der Waals surface area contributed by atoms with Crippen LogP contribution in [-0.4, -0.2) is 22.7 Å². The van der Waals surface area contributed by atoms with Gasteiger partial charge in [-0.2, -0.15) is 0 Å². The molecule has 0 aromatic carbocycles. The van der Waals surface area contributed by atoms with E-state index in [1.807, 2.05) is 19.3 Å². The monoisotopic (exact) mass is 196 g/mol. The number of hydrogen-bond donors (Lipinski definition) is 3. The maximum atomic E-state index is 9.31. The van der Waals surface area contributed by atoms with E-state index in [9.17, 15) is 5.11 Å². The van der Waals surface area contributed by atoms with Crippen molar-refractivity contribution in [3.8, 4) is 0 Å². The second-order valence-corrected chi connectivity index (χ2v) is 3.60. The Hall–Kier alpha value is -0.800. The Balaban J connectivity index is 1.95. The summed E-state index contributed by atoms with van der Waals surface area (Å²) in [7, 11) is 0. The third kappa shape index (κ3) is 4.44. The molecular weight excluding hydrogens is 176 g/mol. The summed E-state index contributed by atoms with van der Waals surface area (Å²) in [5.41, 5.74) is 1.28. The highest BCUT2D eigenvalue weighted by Gasteiger charge is 1.99. The van der Waals surface area contributed by atoms with Gasteiger partial charge in [0, 0.05) is 18.9 Å². The lowest BCUT2D eigenvalue weighted by molar-refractivity contribution is 0.157. The molecule has 0 saturated carbocycles. The van der Waals surface area contributed by atoms with Gasteiger partial charge >= 0.3 is 0 Å². The normalized spacial score (nSPS) is 13.0. The molecule has 3 heteroatoms. The van der Waals surface area contributed by atoms with Crippen molar-refractivity contribution < 1.29 is 5.11 Å². The SMILES string of the molecule is CCC(O)CCCNCc1cc[nH]c1. The van der Waals surface area contributed by atoms with Gasteiger partial charge in [-0.15, -0.1) is 0 Å². The van der Waals surface area contributed by atoms with Gasteiger partial charge in [-0.05, 0) is 37.4 Å². The van der Waals surface area contributed by atoms with Crippen LogP contribution >= 0.6 is 0 Å². The minimum absolute atomic E-state index is 0.121. The number of aromatic amines is 1. The number of nitrogens with one attached hydrogen (secondary N) is 2. The molecule has 0 aliphatic rings. The van der Waals surface area contributed by atoms with Crippen LogP contribution in [0.25, 0.3) is 0 Å². The zero-order valence-electron chi connectivity index (χ0n) is 8.79. The molecule has 3 N–H and O–H groups in total. The molecule has 1 atom stereocenters. The molecule has 0 radical (unpaired) electrons. The lowest BCUT2D eigenvalue weighted by Gasteiger charge is -2.07. The molecule has 0 bridgehead atoms. The van der Waals surface area contributed by atoms with Crippen molar-refractivity contribution in [3.05, 3.63) is 24.0 Å². The summed E-state index contributed by atoms with van der Waals surface area (Å²) in [6, 6.07) is 2.06. The van der Waals surface area contributed by atoms with Crippen molar-refractivity contribution in [2.75, 3.05) is 6.54 Å². The largest absolute Gasteiger partial charge is 0.393 e. The topological polar surface area (TPSA) is 48.0 Å². The minimum Gasteiger partial charge on any atom is -0.393 e. The quantitative estimate of drug-likeness (QED) is 0.581. The van der Waals surface area contributed by atoms with Crippen LogP contribution in [0.2, 0.25) is 0 Å². The van der Waals surface area contributed by atoms with E-state index in [0.29, 0.717) is 0 Å². The summed E-state index contributed by atoms with van der Waals surface area (Å²) in [4.78, 5) is 3.02. The minimum atomic E-state index is -0.121. The molecular formula is C11H20N2O. The summed E-state index contributed by atoms with van der Waals surface area (Å²) in [5.74, 6) is 0. The Morgan fingerprint density at radius 3 is 3.07 bits per heavy atom. The van der Waals surface area contributed by atoms with Gasteiger partial charge in [-0.3, -0.25) is 0 Å². The molecule has 1 unspecified atom stereocenters. The van der Waals surface area contributed by atoms with Crippen molar-refractivity contribution >= 4 is 0 Å². The van der Waals surface area contributed by atoms with E-state index in [4.69, 9.17) is 0 Å². The number of aromatic nitrogens is 1. The van der Waals surface area contributed by atoms with Gasteiger partial charge in [-0.25, -0.2) is 0 Å². The highest BCUT2D eigenvalue weighted by atomic mass is 16.3. The predicted octanol–water partition coefficient (Wildman–Crippen LogP) is 1.66. The van der Waals surface area contributed by atoms with Crippen molar-refractivity contribution in [3.63, 3.8) is 0 Å². The van der Waals surface area contributed by atoms with E-state index in [1.54, 1.807) is 0 Å². The molecule has 0 aliphatic carbocycles. The standard InChI is InChI=1S/C11H20N2O/c1-2-11(14)4-3-6-12-8-10-5-7-13-9-10/h5,7,9,11-14H,2-4,6,8H2,1H3. The fourth-order valence-corrected chi connectivity index (χ4v) is 1.37. The van der Waals surface area contributed by atoms with Gasteiger partial charge in [0.1, 0.15) is 0 Å². The second-order valence-electron chi connectivity index (χ2n) is 3.60. The Morgan fingerprint density at radius 2 is 2.43 bits per heavy atom. The van der Waals surface area contributed by atoms with E-state index in [0.717, 1.165) is 32.4 Å². The summed E-state index contributed by atoms with van der Waals surface area (Å²) >= 11 is 0. The summed E-state index contributed by atoms with van der Waals surface area (Å²) < 4.78 is 0. The fraction of sp³-hybridized carbons (Fsp3) is 0.636. The highest BCUT2D eigenvalue weighted by Crippen LogP contribution is 2.00. The van der Waals surface area contributed by atoms with Gasteiger partial charge in [0.2, 0.25) is 0 Å². The summed E-state index contributed by atoms with van der Waals surface area (Å²) in [6.07, 6.45) is 6.60. The molecule has 0 saturated heterocycles. The van der Waals surface area contributed by atoms with Crippen LogP contribution in [0.5, 0.6) is 0 Å². The van der Waals surface area contributed by atoms with Crippen molar-refractivity contribution in [2.24, 2.45) is 0 Å². The highest BCUT2D eigenvalue weighted by molar-refractivity contribution is 5.07. The van der Waals surface area contributed by atoms with Crippen LogP contribution in [0.15, 0.2) is 18.5 Å². The first-order valence-electron chi connectivity index (χ1n) is 5.33. The van der Waals surface area contributed by atoms with Crippen LogP contribution in [0, 0.1) is 0 Å². The third-order valence-corrected chi connectivity index (χ3v) is 2.35. The molecule has 80 valence electrons. The lowest BCUT2D eigenvalue weighted by atomic mass is 10.1. The molecule has 1 heterocycles. The van der Waals surface area contributed by atoms with Crippen molar-refractivity contribution in [1.29, 1.82) is 0 Å². The van der Waals surface area contributed by atoms with Gasteiger partial charge in [0.25, 0.3) is 0 Å². The van der Waals surface area contributed by atoms with Gasteiger partial charge in [0.05, 0.1) is 6.10 Å². The Morgan fingerprint density at radius 1 is 1.57 bits per heavy atom. The van der Waals surface area contributed by atoms with E-state index in [2.05, 4.69) is 16.4 Å². The average molecular weight is 196 g/mol. The van der Waals surface area contributed by atoms with E-state index >= 15 is 0 Å². The van der Waals surface area contributed by atoms with E-state index in [1.165, 1.54) is 5.56 Å². The Labute approximate surface area is 85.5 Å². The molecule has 3 nitrogen and oxygen atoms in total. The van der Waals surface area contributed by atoms with Crippen LogP contribution in [0.4, 0.5) is 0 Å². The summed E-state index contributed by atoms with van der Waals surface area (Å²) in [5, 5.41) is 12.6. The lowest BCUT2D eigenvalue weighted by Crippen LogP contribution is -2.16. The number of hydrogen-bond acceptors (Lipinski definition) is 2. The second kappa shape index (κ2) is 6.62. The molecule has 0 aliphatic heterocycles. The van der Waals surface area contributed by atoms with Crippen LogP contribution in [-0.2, 0) is 6.54 Å². The first-order chi connectivity index (χ1) is 6.83. The smallest absolute Gasteiger partial charge is 0.0538 e. The maximum absolute atomic E-state index is 9.31. The maximum Gasteiger partial charge on any atom is 0.0538 e. The van der Waals surface area contributed by atoms with Crippen LogP contribution in [0.1, 0.15) is 31.7 Å². The number of rotatable bonds is 7. The van der Waals surface area contributed by atoms with Crippen molar-refractivity contribution in [1.82, 2.24) is 10.3 Å². The average Bonchev–Trinajstić information content (AvgIpc) is 2.69. The third-order valence-electron chi connectivity index (χ3n) is 2.35. The van der Waals surface area contributed by atoms with Crippen molar-refractivity contribution in [2.45, 2.75) is 38.8 Å². The van der Waals surface area contributed by atoms with Crippen LogP contribution < -0.4 is 5.32 Å². The summed E-state index contributed by atoms with van der Waals surface area (Å²) in [6.45, 7) is 3.89. The number of H-pyrrole nitrogens is 1. The first kappa shape index (κ1) is 11.3. The van der Waals surface area contributed by atoms with Crippen LogP contribution in [0.3, 0.4) is 0 Å². The molecule has 0 spiro atoms. The zero-order valence-corrected chi connectivity index (χ0v) is 8.79. The van der Waals surface area contributed by atoms with Gasteiger partial charge in [-0.1, -0.05) is 6.92 Å². The molecule has 14 heavy (non-hydrogen) atoms. The Bertz CT molecular complexity index is 221. The first-order valence-corrected chi connectivity index (χ1v) is 5.33. The fourth-order valence-electron chi connectivity index (χ4n) is 1.37. The van der Waals surface area contributed by atoms with Gasteiger partial charge in [0.15, 0.2) is 0 Å². The number of aliphatic hydroxyl groups excluding tert-OH is 1. The molecule has 1 aromatic rings.